The summed E-state index contributed by atoms with van der Waals surface area (Å²) < 4.78 is 0. The summed E-state index contributed by atoms with van der Waals surface area (Å²) >= 11 is 0. The van der Waals surface area contributed by atoms with Gasteiger partial charge < -0.3 is 10.6 Å². The van der Waals surface area contributed by atoms with Gasteiger partial charge in [0.2, 0.25) is 5.91 Å². The van der Waals surface area contributed by atoms with E-state index in [-0.39, 0.29) is 11.9 Å². The number of aromatic nitrogens is 1. The second kappa shape index (κ2) is 7.01. The average molecular weight is 235 g/mol. The molecule has 4 nitrogen and oxygen atoms in total. The van der Waals surface area contributed by atoms with Crippen molar-refractivity contribution in [2.45, 2.75) is 38.8 Å². The van der Waals surface area contributed by atoms with Crippen LogP contribution in [0, 0.1) is 0 Å². The van der Waals surface area contributed by atoms with Crippen molar-refractivity contribution in [2.75, 3.05) is 7.05 Å². The molecule has 1 rings (SSSR count). The number of nitrogens with zero attached hydrogens (tertiary/aromatic N) is 2. The molecule has 0 bridgehead atoms. The predicted octanol–water partition coefficient (Wildman–Crippen LogP) is 1.56. The fourth-order valence-corrected chi connectivity index (χ4v) is 1.67. The number of rotatable bonds is 6. The summed E-state index contributed by atoms with van der Waals surface area (Å²) in [5.41, 5.74) is 6.87. The second-order valence-corrected chi connectivity index (χ2v) is 4.30. The van der Waals surface area contributed by atoms with Crippen LogP contribution in [0.2, 0.25) is 0 Å². The molecule has 0 aliphatic heterocycles. The van der Waals surface area contributed by atoms with E-state index in [4.69, 9.17) is 5.73 Å². The van der Waals surface area contributed by atoms with Crippen LogP contribution < -0.4 is 5.73 Å². The average Bonchev–Trinajstić information content (AvgIpc) is 2.36. The Morgan fingerprint density at radius 3 is 2.94 bits per heavy atom. The number of carbonyl (C=O) groups is 1. The highest BCUT2D eigenvalue weighted by atomic mass is 16.2. The molecule has 0 fully saturated rings. The second-order valence-electron chi connectivity index (χ2n) is 4.30. The minimum absolute atomic E-state index is 0.00213. The zero-order valence-electron chi connectivity index (χ0n) is 10.6. The van der Waals surface area contributed by atoms with Gasteiger partial charge in [0, 0.05) is 26.0 Å². The van der Waals surface area contributed by atoms with Gasteiger partial charge in [0.1, 0.15) is 0 Å². The molecule has 0 aromatic carbocycles. The number of nitrogens with two attached hydrogens (primary N) is 1. The molecule has 0 spiro atoms. The first-order valence-electron chi connectivity index (χ1n) is 6.04. The molecule has 1 atom stereocenters. The van der Waals surface area contributed by atoms with E-state index >= 15 is 0 Å². The Balaban J connectivity index is 2.47. The maximum atomic E-state index is 11.9. The van der Waals surface area contributed by atoms with Gasteiger partial charge in [-0.1, -0.05) is 25.8 Å². The number of hydrogen-bond donors (Lipinski definition) is 1. The molecule has 1 heterocycles. The van der Waals surface area contributed by atoms with Crippen molar-refractivity contribution >= 4 is 5.91 Å². The van der Waals surface area contributed by atoms with Gasteiger partial charge in [-0.2, -0.15) is 0 Å². The standard InChI is InChI=1S/C13H21N3O/c1-3-4-7-12(14)13(17)16(2)10-11-6-5-8-15-9-11/h5-6,8-9,12H,3-4,7,10,14H2,1-2H3/t12-/m0/s1. The Hall–Kier alpha value is -1.42. The minimum Gasteiger partial charge on any atom is -0.340 e. The van der Waals surface area contributed by atoms with Gasteiger partial charge in [-0.25, -0.2) is 0 Å². The van der Waals surface area contributed by atoms with E-state index in [0.717, 1.165) is 24.8 Å². The van der Waals surface area contributed by atoms with Crippen LogP contribution in [-0.4, -0.2) is 28.9 Å². The maximum absolute atomic E-state index is 11.9. The van der Waals surface area contributed by atoms with Gasteiger partial charge >= 0.3 is 0 Å². The number of hydrogen-bond acceptors (Lipinski definition) is 3. The molecule has 0 aliphatic carbocycles. The van der Waals surface area contributed by atoms with E-state index in [0.29, 0.717) is 6.54 Å². The molecule has 0 saturated carbocycles. The van der Waals surface area contributed by atoms with Crippen molar-refractivity contribution < 1.29 is 4.79 Å². The van der Waals surface area contributed by atoms with E-state index in [1.807, 2.05) is 12.1 Å². The van der Waals surface area contributed by atoms with Crippen molar-refractivity contribution in [3.8, 4) is 0 Å². The molecule has 0 aliphatic rings. The lowest BCUT2D eigenvalue weighted by Gasteiger charge is -2.21. The van der Waals surface area contributed by atoms with Gasteiger partial charge in [-0.15, -0.1) is 0 Å². The van der Waals surface area contributed by atoms with Crippen molar-refractivity contribution in [3.05, 3.63) is 30.1 Å². The van der Waals surface area contributed by atoms with Crippen LogP contribution in [0.25, 0.3) is 0 Å². The molecule has 1 aromatic heterocycles. The van der Waals surface area contributed by atoms with Gasteiger partial charge in [0.15, 0.2) is 0 Å². The molecule has 2 N–H and O–H groups in total. The monoisotopic (exact) mass is 235 g/mol. The molecule has 94 valence electrons. The van der Waals surface area contributed by atoms with Crippen molar-refractivity contribution in [2.24, 2.45) is 5.73 Å². The van der Waals surface area contributed by atoms with Gasteiger partial charge in [-0.05, 0) is 18.1 Å². The summed E-state index contributed by atoms with van der Waals surface area (Å²) in [6, 6.07) is 3.44. The Kier molecular flexibility index (Phi) is 5.63. The Morgan fingerprint density at radius 1 is 1.59 bits per heavy atom. The molecular formula is C13H21N3O. The molecule has 4 heteroatoms. The fourth-order valence-electron chi connectivity index (χ4n) is 1.67. The van der Waals surface area contributed by atoms with Crippen molar-refractivity contribution in [3.63, 3.8) is 0 Å². The van der Waals surface area contributed by atoms with E-state index in [1.54, 1.807) is 24.3 Å². The first kappa shape index (κ1) is 13.6. The molecule has 0 unspecified atom stereocenters. The Morgan fingerprint density at radius 2 is 2.35 bits per heavy atom. The highest BCUT2D eigenvalue weighted by Crippen LogP contribution is 2.05. The first-order valence-corrected chi connectivity index (χ1v) is 6.04. The lowest BCUT2D eigenvalue weighted by atomic mass is 10.1. The predicted molar refractivity (Wildman–Crippen MR) is 68.2 cm³/mol. The number of pyridine rings is 1. The van der Waals surface area contributed by atoms with Crippen LogP contribution in [-0.2, 0) is 11.3 Å². The van der Waals surface area contributed by atoms with E-state index < -0.39 is 0 Å². The molecule has 1 amide bonds. The number of unbranched alkanes of at least 4 members (excludes halogenated alkanes) is 1. The van der Waals surface area contributed by atoms with Gasteiger partial charge in [0.25, 0.3) is 0 Å². The van der Waals surface area contributed by atoms with E-state index in [9.17, 15) is 4.79 Å². The smallest absolute Gasteiger partial charge is 0.239 e. The largest absolute Gasteiger partial charge is 0.340 e. The lowest BCUT2D eigenvalue weighted by molar-refractivity contribution is -0.132. The van der Waals surface area contributed by atoms with Crippen LogP contribution in [0.5, 0.6) is 0 Å². The van der Waals surface area contributed by atoms with Crippen molar-refractivity contribution in [1.29, 1.82) is 0 Å². The normalized spacial score (nSPS) is 12.2. The summed E-state index contributed by atoms with van der Waals surface area (Å²) in [7, 11) is 1.78. The first-order chi connectivity index (χ1) is 8.15. The summed E-state index contributed by atoms with van der Waals surface area (Å²) in [5, 5.41) is 0. The quantitative estimate of drug-likeness (QED) is 0.814. The molecule has 17 heavy (non-hydrogen) atoms. The zero-order chi connectivity index (χ0) is 12.7. The minimum atomic E-state index is -0.378. The van der Waals surface area contributed by atoms with Crippen LogP contribution in [0.1, 0.15) is 31.7 Å². The van der Waals surface area contributed by atoms with Crippen LogP contribution in [0.3, 0.4) is 0 Å². The summed E-state index contributed by atoms with van der Waals surface area (Å²) in [5.74, 6) is 0.00213. The third-order valence-electron chi connectivity index (χ3n) is 2.70. The number of carbonyl (C=O) groups excluding carboxylic acids is 1. The SMILES string of the molecule is CCCC[C@H](N)C(=O)N(C)Cc1cccnc1. The molecule has 0 radical (unpaired) electrons. The third kappa shape index (κ3) is 4.53. The van der Waals surface area contributed by atoms with Crippen molar-refractivity contribution in [1.82, 2.24) is 9.88 Å². The summed E-state index contributed by atoms with van der Waals surface area (Å²) in [4.78, 5) is 17.6. The number of amides is 1. The molecule has 1 aromatic rings. The fraction of sp³-hybridized carbons (Fsp3) is 0.538. The molecule has 0 saturated heterocycles. The maximum Gasteiger partial charge on any atom is 0.239 e. The lowest BCUT2D eigenvalue weighted by Crippen LogP contribution is -2.41. The number of likely N-dealkylation sites (N-methyl/N-ethyl adjacent to an activating group) is 1. The molecular weight excluding hydrogens is 214 g/mol. The third-order valence-corrected chi connectivity index (χ3v) is 2.70. The Bertz CT molecular complexity index is 340. The summed E-state index contributed by atoms with van der Waals surface area (Å²) in [6.45, 7) is 2.66. The zero-order valence-corrected chi connectivity index (χ0v) is 10.6. The Labute approximate surface area is 103 Å². The van der Waals surface area contributed by atoms with E-state index in [2.05, 4.69) is 11.9 Å². The van der Waals surface area contributed by atoms with Crippen LogP contribution >= 0.6 is 0 Å². The van der Waals surface area contributed by atoms with Gasteiger partial charge in [0.05, 0.1) is 6.04 Å². The highest BCUT2D eigenvalue weighted by molar-refractivity contribution is 5.81. The highest BCUT2D eigenvalue weighted by Gasteiger charge is 2.17. The summed E-state index contributed by atoms with van der Waals surface area (Å²) in [6.07, 6.45) is 6.30. The van der Waals surface area contributed by atoms with E-state index in [1.165, 1.54) is 0 Å². The topological polar surface area (TPSA) is 59.2 Å². The van der Waals surface area contributed by atoms with Crippen LogP contribution in [0.15, 0.2) is 24.5 Å². The van der Waals surface area contributed by atoms with Gasteiger partial charge in [-0.3, -0.25) is 9.78 Å². The van der Waals surface area contributed by atoms with Crippen LogP contribution in [0.4, 0.5) is 0 Å².